The smallest absolute Gasteiger partial charge is 0.276 e. The first kappa shape index (κ1) is 20.2. The van der Waals surface area contributed by atoms with E-state index >= 15 is 0 Å². The quantitative estimate of drug-likeness (QED) is 0.609. The number of imidazole rings is 1. The van der Waals surface area contributed by atoms with Crippen LogP contribution in [-0.2, 0) is 17.1 Å². The lowest BCUT2D eigenvalue weighted by atomic mass is 10.3. The van der Waals surface area contributed by atoms with Crippen LogP contribution < -0.4 is 0 Å². The maximum atomic E-state index is 12.9. The van der Waals surface area contributed by atoms with Gasteiger partial charge < -0.3 is 9.47 Å². The number of nitrogens with zero attached hydrogens (tertiary/aromatic N) is 7. The molecule has 4 rings (SSSR count). The fraction of sp³-hybridized carbons (Fsp3) is 0.368. The number of carbonyl (C=O) groups excluding carboxylic acids is 1. The van der Waals surface area contributed by atoms with Gasteiger partial charge in [0.2, 0.25) is 0 Å². The highest BCUT2D eigenvalue weighted by atomic mass is 32.2. The lowest BCUT2D eigenvalue weighted by Crippen LogP contribution is -2.37. The molecule has 0 bridgehead atoms. The first-order chi connectivity index (χ1) is 14.4. The molecule has 0 unspecified atom stereocenters. The van der Waals surface area contributed by atoms with Gasteiger partial charge in [0, 0.05) is 39.4 Å². The van der Waals surface area contributed by atoms with Gasteiger partial charge in [0.15, 0.2) is 10.7 Å². The third kappa shape index (κ3) is 3.85. The van der Waals surface area contributed by atoms with Gasteiger partial charge in [-0.25, -0.2) is 13.4 Å². The molecule has 1 fully saturated rings. The Hall–Kier alpha value is -3.05. The van der Waals surface area contributed by atoms with Crippen molar-refractivity contribution in [2.24, 2.45) is 7.05 Å². The van der Waals surface area contributed by atoms with Gasteiger partial charge in [0.25, 0.3) is 15.9 Å². The van der Waals surface area contributed by atoms with Crippen LogP contribution >= 0.6 is 0 Å². The van der Waals surface area contributed by atoms with E-state index in [9.17, 15) is 13.2 Å². The van der Waals surface area contributed by atoms with Crippen molar-refractivity contribution in [1.82, 2.24) is 33.8 Å². The zero-order chi connectivity index (χ0) is 21.3. The van der Waals surface area contributed by atoms with Gasteiger partial charge in [-0.3, -0.25) is 4.79 Å². The molecule has 0 atom stereocenters. The van der Waals surface area contributed by atoms with E-state index in [1.54, 1.807) is 23.4 Å². The topological polar surface area (TPSA) is 106 Å². The number of rotatable bonds is 4. The number of amides is 1. The Labute approximate surface area is 174 Å². The summed E-state index contributed by atoms with van der Waals surface area (Å²) in [5.74, 6) is 0.367. The maximum absolute atomic E-state index is 12.9. The minimum absolute atomic E-state index is 0.0353. The van der Waals surface area contributed by atoms with Gasteiger partial charge >= 0.3 is 0 Å². The Balaban J connectivity index is 1.47. The summed E-state index contributed by atoms with van der Waals surface area (Å²) in [6.45, 7) is 3.02. The number of benzene rings is 1. The van der Waals surface area contributed by atoms with Crippen LogP contribution in [-0.4, -0.2) is 74.3 Å². The van der Waals surface area contributed by atoms with E-state index in [4.69, 9.17) is 0 Å². The third-order valence-electron chi connectivity index (χ3n) is 5.13. The van der Waals surface area contributed by atoms with Crippen molar-refractivity contribution in [1.29, 1.82) is 0 Å². The fourth-order valence-electron chi connectivity index (χ4n) is 3.33. The Bertz CT molecular complexity index is 1130. The third-order valence-corrected chi connectivity index (χ3v) is 6.90. The highest BCUT2D eigenvalue weighted by Crippen LogP contribution is 2.18. The molecule has 1 aliphatic rings. The Morgan fingerprint density at radius 3 is 2.53 bits per heavy atom. The van der Waals surface area contributed by atoms with E-state index in [0.29, 0.717) is 25.3 Å². The van der Waals surface area contributed by atoms with Crippen LogP contribution in [0.3, 0.4) is 0 Å². The molecule has 1 aliphatic heterocycles. The summed E-state index contributed by atoms with van der Waals surface area (Å²) < 4.78 is 28.9. The van der Waals surface area contributed by atoms with Crippen molar-refractivity contribution >= 4 is 15.9 Å². The largest absolute Gasteiger partial charge is 0.337 e. The van der Waals surface area contributed by atoms with Crippen molar-refractivity contribution < 1.29 is 13.2 Å². The van der Waals surface area contributed by atoms with Gasteiger partial charge in [-0.1, -0.05) is 18.2 Å². The van der Waals surface area contributed by atoms with Gasteiger partial charge in [-0.05, 0) is 25.5 Å². The molecule has 0 aliphatic carbocycles. The summed E-state index contributed by atoms with van der Waals surface area (Å²) in [4.78, 5) is 20.1. The van der Waals surface area contributed by atoms with E-state index in [1.165, 1.54) is 21.5 Å². The number of aromatic nitrogens is 5. The second kappa shape index (κ2) is 8.00. The molecule has 1 saturated heterocycles. The van der Waals surface area contributed by atoms with Crippen LogP contribution in [0.2, 0.25) is 0 Å². The summed E-state index contributed by atoms with van der Waals surface area (Å²) in [5, 5.41) is 8.49. The first-order valence-electron chi connectivity index (χ1n) is 9.63. The minimum atomic E-state index is -3.70. The van der Waals surface area contributed by atoms with Crippen LogP contribution in [0, 0.1) is 6.92 Å². The summed E-state index contributed by atoms with van der Waals surface area (Å²) in [7, 11) is -1.94. The number of aryl methyl sites for hydroxylation is 2. The van der Waals surface area contributed by atoms with E-state index in [0.717, 1.165) is 5.69 Å². The van der Waals surface area contributed by atoms with Crippen LogP contribution in [0.1, 0.15) is 22.7 Å². The normalized spacial score (nSPS) is 15.9. The van der Waals surface area contributed by atoms with E-state index < -0.39 is 10.0 Å². The predicted octanol–water partition coefficient (Wildman–Crippen LogP) is 0.846. The van der Waals surface area contributed by atoms with Gasteiger partial charge in [0.1, 0.15) is 5.82 Å². The molecule has 3 aromatic rings. The first-order valence-corrected chi connectivity index (χ1v) is 11.1. The fourth-order valence-corrected chi connectivity index (χ4v) is 4.82. The van der Waals surface area contributed by atoms with Crippen LogP contribution in [0.15, 0.2) is 47.8 Å². The second-order valence-electron chi connectivity index (χ2n) is 7.14. The number of carbonyl (C=O) groups is 1. The highest BCUT2D eigenvalue weighted by molar-refractivity contribution is 7.89. The van der Waals surface area contributed by atoms with Crippen molar-refractivity contribution in [3.05, 3.63) is 54.2 Å². The molecule has 0 N–H and O–H groups in total. The molecule has 1 aromatic carbocycles. The summed E-state index contributed by atoms with van der Waals surface area (Å²) in [6, 6.07) is 9.33. The van der Waals surface area contributed by atoms with Crippen molar-refractivity contribution in [2.45, 2.75) is 18.4 Å². The van der Waals surface area contributed by atoms with Crippen molar-refractivity contribution in [3.8, 4) is 5.69 Å². The number of sulfonamides is 1. The second-order valence-corrected chi connectivity index (χ2v) is 9.03. The highest BCUT2D eigenvalue weighted by Gasteiger charge is 2.31. The van der Waals surface area contributed by atoms with Gasteiger partial charge in [-0.15, -0.1) is 5.10 Å². The monoisotopic (exact) mass is 429 g/mol. The summed E-state index contributed by atoms with van der Waals surface area (Å²) in [6.07, 6.45) is 3.48. The maximum Gasteiger partial charge on any atom is 0.276 e. The summed E-state index contributed by atoms with van der Waals surface area (Å²) >= 11 is 0. The molecule has 10 nitrogen and oxygen atoms in total. The van der Waals surface area contributed by atoms with E-state index in [2.05, 4.69) is 15.2 Å². The SMILES string of the molecule is Cc1nc(S(=O)(=O)N2CCCN(C(=O)c3cnn(-c4ccccc4)n3)CC2)cn1C. The Kier molecular flexibility index (Phi) is 5.39. The van der Waals surface area contributed by atoms with Crippen LogP contribution in [0.5, 0.6) is 0 Å². The zero-order valence-electron chi connectivity index (χ0n) is 16.8. The molecule has 158 valence electrons. The molecule has 0 spiro atoms. The van der Waals surface area contributed by atoms with E-state index in [-0.39, 0.29) is 29.7 Å². The summed E-state index contributed by atoms with van der Waals surface area (Å²) in [5.41, 5.74) is 0.992. The zero-order valence-corrected chi connectivity index (χ0v) is 17.7. The number of hydrogen-bond acceptors (Lipinski definition) is 6. The molecule has 11 heteroatoms. The number of para-hydroxylation sites is 1. The molecule has 1 amide bonds. The van der Waals surface area contributed by atoms with Crippen molar-refractivity contribution in [3.63, 3.8) is 0 Å². The molecule has 0 radical (unpaired) electrons. The van der Waals surface area contributed by atoms with Gasteiger partial charge in [0.05, 0.1) is 11.9 Å². The molecular weight excluding hydrogens is 406 g/mol. The van der Waals surface area contributed by atoms with E-state index in [1.807, 2.05) is 30.3 Å². The molecule has 3 heterocycles. The molecule has 30 heavy (non-hydrogen) atoms. The standard InChI is InChI=1S/C19H23N7O3S/c1-15-21-18(14-23(15)2)30(28,29)25-10-6-9-24(11-12-25)19(27)17-13-20-26(22-17)16-7-4-3-5-8-16/h3-5,7-8,13-14H,6,9-12H2,1-2H3. The van der Waals surface area contributed by atoms with Crippen LogP contribution in [0.4, 0.5) is 0 Å². The average Bonchev–Trinajstić information content (AvgIpc) is 3.27. The Morgan fingerprint density at radius 2 is 1.83 bits per heavy atom. The molecule has 0 saturated carbocycles. The molecule has 2 aromatic heterocycles. The predicted molar refractivity (Wildman–Crippen MR) is 109 cm³/mol. The molecular formula is C19H23N7O3S. The van der Waals surface area contributed by atoms with Gasteiger partial charge in [-0.2, -0.15) is 14.2 Å². The Morgan fingerprint density at radius 1 is 1.07 bits per heavy atom. The minimum Gasteiger partial charge on any atom is -0.337 e. The number of hydrogen-bond donors (Lipinski definition) is 0. The van der Waals surface area contributed by atoms with Crippen LogP contribution in [0.25, 0.3) is 5.69 Å². The average molecular weight is 430 g/mol. The van der Waals surface area contributed by atoms with Crippen molar-refractivity contribution in [2.75, 3.05) is 26.2 Å². The lowest BCUT2D eigenvalue weighted by Gasteiger charge is -2.20. The lowest BCUT2D eigenvalue weighted by molar-refractivity contribution is 0.0758.